The van der Waals surface area contributed by atoms with Gasteiger partial charge in [-0.3, -0.25) is 14.9 Å². The highest BCUT2D eigenvalue weighted by Crippen LogP contribution is 2.27. The monoisotopic (exact) mass is 369 g/mol. The Morgan fingerprint density at radius 1 is 1.33 bits per heavy atom. The zero-order chi connectivity index (χ0) is 19.4. The highest BCUT2D eigenvalue weighted by atomic mass is 16.6. The van der Waals surface area contributed by atoms with Crippen molar-refractivity contribution in [3.05, 3.63) is 46.1 Å². The molecule has 1 atom stereocenters. The number of carbonyl (C=O) groups is 1. The maximum atomic E-state index is 11.3. The van der Waals surface area contributed by atoms with Gasteiger partial charge in [-0.1, -0.05) is 6.92 Å². The largest absolute Gasteiger partial charge is 0.370 e. The summed E-state index contributed by atoms with van der Waals surface area (Å²) in [4.78, 5) is 33.1. The molecule has 2 N–H and O–H groups in total. The van der Waals surface area contributed by atoms with Gasteiger partial charge >= 0.3 is 0 Å². The minimum atomic E-state index is -0.425. The predicted octanol–water partition coefficient (Wildman–Crippen LogP) is 2.71. The van der Waals surface area contributed by atoms with Crippen molar-refractivity contribution in [1.82, 2.24) is 9.97 Å². The fraction of sp³-hybridized carbons (Fsp3) is 0.421. The number of nitrogens with zero attached hydrogens (tertiary/aromatic N) is 4. The highest BCUT2D eigenvalue weighted by Gasteiger charge is 2.23. The molecule has 0 radical (unpaired) electrons. The maximum Gasteiger partial charge on any atom is 0.269 e. The van der Waals surface area contributed by atoms with E-state index in [1.807, 2.05) is 13.0 Å². The molecule has 1 fully saturated rings. The Balaban J connectivity index is 1.89. The van der Waals surface area contributed by atoms with E-state index < -0.39 is 4.92 Å². The van der Waals surface area contributed by atoms with Crippen molar-refractivity contribution < 1.29 is 9.72 Å². The molecule has 3 rings (SSSR count). The van der Waals surface area contributed by atoms with E-state index in [0.29, 0.717) is 12.2 Å². The number of benzene rings is 1. The van der Waals surface area contributed by atoms with Gasteiger partial charge in [-0.2, -0.15) is 0 Å². The zero-order valence-corrected chi connectivity index (χ0v) is 15.3. The van der Waals surface area contributed by atoms with Crippen LogP contribution in [0.5, 0.6) is 0 Å². The number of hydrogen-bond acceptors (Lipinski definition) is 6. The van der Waals surface area contributed by atoms with Crippen LogP contribution in [0, 0.1) is 16.0 Å². The average Bonchev–Trinajstić information content (AvgIpc) is 2.67. The van der Waals surface area contributed by atoms with Crippen molar-refractivity contribution in [2.24, 2.45) is 11.7 Å². The first-order chi connectivity index (χ1) is 13.0. The van der Waals surface area contributed by atoms with Crippen LogP contribution in [-0.2, 0) is 11.2 Å². The molecule has 0 spiro atoms. The molecule has 1 amide bonds. The van der Waals surface area contributed by atoms with E-state index in [-0.39, 0.29) is 17.5 Å². The number of aromatic nitrogens is 2. The molecule has 8 nitrogen and oxygen atoms in total. The Labute approximate surface area is 157 Å². The summed E-state index contributed by atoms with van der Waals surface area (Å²) in [6.07, 6.45) is 3.11. The van der Waals surface area contributed by atoms with Crippen LogP contribution in [0.25, 0.3) is 11.4 Å². The van der Waals surface area contributed by atoms with Crippen molar-refractivity contribution in [3.63, 3.8) is 0 Å². The molecule has 2 heterocycles. The SMILES string of the molecule is CCc1cc(N2CCCC(CC(N)=O)C2)nc(-c2ccc([N+](=O)[O-])cc2)n1. The molecule has 0 bridgehead atoms. The van der Waals surface area contributed by atoms with E-state index in [1.165, 1.54) is 12.1 Å². The fourth-order valence-corrected chi connectivity index (χ4v) is 3.41. The molecule has 1 aromatic heterocycles. The van der Waals surface area contributed by atoms with Crippen LogP contribution >= 0.6 is 0 Å². The summed E-state index contributed by atoms with van der Waals surface area (Å²) in [5.74, 6) is 1.34. The van der Waals surface area contributed by atoms with Crippen molar-refractivity contribution in [1.29, 1.82) is 0 Å². The third-order valence-electron chi connectivity index (χ3n) is 4.80. The lowest BCUT2D eigenvalue weighted by molar-refractivity contribution is -0.384. The quantitative estimate of drug-likeness (QED) is 0.618. The normalized spacial score (nSPS) is 16.9. The number of nitro groups is 1. The van der Waals surface area contributed by atoms with Gasteiger partial charge < -0.3 is 10.6 Å². The maximum absolute atomic E-state index is 11.3. The van der Waals surface area contributed by atoms with E-state index in [1.54, 1.807) is 12.1 Å². The summed E-state index contributed by atoms with van der Waals surface area (Å²) in [5.41, 5.74) is 7.04. The second-order valence-electron chi connectivity index (χ2n) is 6.82. The Bertz CT molecular complexity index is 838. The molecule has 1 unspecified atom stereocenters. The molecule has 27 heavy (non-hydrogen) atoms. The molecule has 2 aromatic rings. The lowest BCUT2D eigenvalue weighted by atomic mass is 9.94. The number of nitrogens with two attached hydrogens (primary N) is 1. The topological polar surface area (TPSA) is 115 Å². The number of piperidine rings is 1. The second kappa shape index (κ2) is 8.11. The number of rotatable bonds is 6. The minimum absolute atomic E-state index is 0.0379. The number of aryl methyl sites for hydroxylation is 1. The molecule has 0 aliphatic carbocycles. The molecule has 0 saturated carbocycles. The molecule has 8 heteroatoms. The number of amides is 1. The molecule has 1 aromatic carbocycles. The number of hydrogen-bond donors (Lipinski definition) is 1. The van der Waals surface area contributed by atoms with E-state index in [4.69, 9.17) is 10.7 Å². The minimum Gasteiger partial charge on any atom is -0.370 e. The van der Waals surface area contributed by atoms with Gasteiger partial charge in [0.05, 0.1) is 4.92 Å². The molecule has 1 aliphatic rings. The van der Waals surface area contributed by atoms with Gasteiger partial charge in [0.1, 0.15) is 5.82 Å². The van der Waals surface area contributed by atoms with Crippen LogP contribution in [0.2, 0.25) is 0 Å². The van der Waals surface area contributed by atoms with E-state index in [2.05, 4.69) is 9.88 Å². The van der Waals surface area contributed by atoms with Crippen LogP contribution in [0.15, 0.2) is 30.3 Å². The number of primary amides is 1. The second-order valence-corrected chi connectivity index (χ2v) is 6.82. The molecular formula is C19H23N5O3. The lowest BCUT2D eigenvalue weighted by Gasteiger charge is -2.33. The van der Waals surface area contributed by atoms with E-state index in [9.17, 15) is 14.9 Å². The summed E-state index contributed by atoms with van der Waals surface area (Å²) in [6, 6.07) is 8.23. The molecule has 142 valence electrons. The smallest absolute Gasteiger partial charge is 0.269 e. The first-order valence-corrected chi connectivity index (χ1v) is 9.12. The van der Waals surface area contributed by atoms with Gasteiger partial charge in [0.2, 0.25) is 5.91 Å². The van der Waals surface area contributed by atoms with Crippen molar-refractivity contribution in [2.45, 2.75) is 32.6 Å². The zero-order valence-electron chi connectivity index (χ0n) is 15.3. The summed E-state index contributed by atoms with van der Waals surface area (Å²) in [5, 5.41) is 10.9. The summed E-state index contributed by atoms with van der Waals surface area (Å²) < 4.78 is 0. The van der Waals surface area contributed by atoms with Gasteiger partial charge in [0.25, 0.3) is 5.69 Å². The Morgan fingerprint density at radius 3 is 2.70 bits per heavy atom. The number of nitro benzene ring substituents is 1. The Hall–Kier alpha value is -3.03. The van der Waals surface area contributed by atoms with Crippen LogP contribution in [0.3, 0.4) is 0 Å². The van der Waals surface area contributed by atoms with Gasteiger partial charge in [0, 0.05) is 49.0 Å². The fourth-order valence-electron chi connectivity index (χ4n) is 3.41. The standard InChI is InChI=1S/C19H23N5O3/c1-2-15-11-18(23-9-3-4-13(12-23)10-17(20)25)22-19(21-15)14-5-7-16(8-6-14)24(26)27/h5-8,11,13H,2-4,9-10,12H2,1H3,(H2,20,25). The summed E-state index contributed by atoms with van der Waals surface area (Å²) >= 11 is 0. The van der Waals surface area contributed by atoms with Crippen molar-refractivity contribution >= 4 is 17.4 Å². The van der Waals surface area contributed by atoms with E-state index in [0.717, 1.165) is 49.4 Å². The van der Waals surface area contributed by atoms with Gasteiger partial charge in [-0.15, -0.1) is 0 Å². The predicted molar refractivity (Wildman–Crippen MR) is 102 cm³/mol. The molecular weight excluding hydrogens is 346 g/mol. The summed E-state index contributed by atoms with van der Waals surface area (Å²) in [6.45, 7) is 3.63. The number of anilines is 1. The van der Waals surface area contributed by atoms with Crippen LogP contribution in [0.4, 0.5) is 11.5 Å². The third-order valence-corrected chi connectivity index (χ3v) is 4.80. The highest BCUT2D eigenvalue weighted by molar-refractivity contribution is 5.74. The van der Waals surface area contributed by atoms with Gasteiger partial charge in [-0.05, 0) is 37.3 Å². The van der Waals surface area contributed by atoms with E-state index >= 15 is 0 Å². The van der Waals surface area contributed by atoms with Crippen molar-refractivity contribution in [2.75, 3.05) is 18.0 Å². The third kappa shape index (κ3) is 4.58. The summed E-state index contributed by atoms with van der Waals surface area (Å²) in [7, 11) is 0. The first kappa shape index (κ1) is 18.8. The van der Waals surface area contributed by atoms with Crippen LogP contribution in [0.1, 0.15) is 31.9 Å². The molecule has 1 saturated heterocycles. The lowest BCUT2D eigenvalue weighted by Crippen LogP contribution is -2.37. The van der Waals surface area contributed by atoms with Gasteiger partial charge in [-0.25, -0.2) is 9.97 Å². The number of non-ortho nitro benzene ring substituents is 1. The van der Waals surface area contributed by atoms with Crippen LogP contribution < -0.4 is 10.6 Å². The van der Waals surface area contributed by atoms with Crippen LogP contribution in [-0.4, -0.2) is 33.9 Å². The average molecular weight is 369 g/mol. The van der Waals surface area contributed by atoms with Gasteiger partial charge in [0.15, 0.2) is 5.82 Å². The Kier molecular flexibility index (Phi) is 5.63. The number of carbonyl (C=O) groups excluding carboxylic acids is 1. The van der Waals surface area contributed by atoms with Crippen molar-refractivity contribution in [3.8, 4) is 11.4 Å². The first-order valence-electron chi connectivity index (χ1n) is 9.12. The Morgan fingerprint density at radius 2 is 2.07 bits per heavy atom. The molecule has 1 aliphatic heterocycles.